The summed E-state index contributed by atoms with van der Waals surface area (Å²) in [5.41, 5.74) is 7.08. The fraction of sp³-hybridized carbons (Fsp3) is 0.571. The van der Waals surface area contributed by atoms with Gasteiger partial charge in [-0.1, -0.05) is 0 Å². The number of sulfonamides is 1. The lowest BCUT2D eigenvalue weighted by molar-refractivity contribution is 0.177. The van der Waals surface area contributed by atoms with Crippen LogP contribution < -0.4 is 10.5 Å². The Hall–Kier alpha value is -1.31. The summed E-state index contributed by atoms with van der Waals surface area (Å²) < 4.78 is 32.1. The molecule has 0 saturated heterocycles. The molecular weight excluding hydrogens is 292 g/mol. The van der Waals surface area contributed by atoms with Crippen molar-refractivity contribution in [2.45, 2.75) is 37.2 Å². The summed E-state index contributed by atoms with van der Waals surface area (Å²) in [6, 6.07) is 3.21. The number of hydrogen-bond donors (Lipinski definition) is 2. The number of anilines is 1. The summed E-state index contributed by atoms with van der Waals surface area (Å²) in [5, 5.41) is 9.31. The summed E-state index contributed by atoms with van der Waals surface area (Å²) in [7, 11) is -2.19. The summed E-state index contributed by atoms with van der Waals surface area (Å²) in [6.45, 7) is 2.38. The Balaban J connectivity index is 2.37. The molecule has 1 aliphatic heterocycles. The van der Waals surface area contributed by atoms with Gasteiger partial charge in [0.15, 0.2) is 0 Å². The van der Waals surface area contributed by atoms with Crippen molar-refractivity contribution in [1.29, 1.82) is 0 Å². The highest BCUT2D eigenvalue weighted by Crippen LogP contribution is 2.35. The number of nitrogen functional groups attached to an aromatic ring is 1. The van der Waals surface area contributed by atoms with Gasteiger partial charge in [-0.15, -0.1) is 0 Å². The summed E-state index contributed by atoms with van der Waals surface area (Å²) >= 11 is 0. The van der Waals surface area contributed by atoms with E-state index in [9.17, 15) is 13.5 Å². The molecule has 0 saturated carbocycles. The van der Waals surface area contributed by atoms with Crippen LogP contribution in [0.4, 0.5) is 5.69 Å². The Labute approximate surface area is 125 Å². The molecule has 118 valence electrons. The number of aliphatic hydroxyl groups is 1. The van der Waals surface area contributed by atoms with E-state index in [0.29, 0.717) is 24.5 Å². The molecule has 0 aliphatic carbocycles. The largest absolute Gasteiger partial charge is 0.492 e. The molecule has 1 aromatic carbocycles. The lowest BCUT2D eigenvalue weighted by atomic mass is 10.1. The van der Waals surface area contributed by atoms with E-state index in [1.807, 2.05) is 0 Å². The molecule has 1 unspecified atom stereocenters. The molecule has 3 N–H and O–H groups in total. The molecule has 0 radical (unpaired) electrons. The van der Waals surface area contributed by atoms with Crippen molar-refractivity contribution in [1.82, 2.24) is 4.31 Å². The van der Waals surface area contributed by atoms with Gasteiger partial charge in [0.2, 0.25) is 10.0 Å². The molecular formula is C14H22N2O4S. The molecule has 1 aromatic rings. The number of fused-ring (bicyclic) bond motifs is 1. The first-order valence-electron chi connectivity index (χ1n) is 7.02. The Kier molecular flexibility index (Phi) is 4.75. The SMILES string of the molecule is CC(O)CCN(C)S(=O)(=O)c1cc(N)cc2c1OCCC2. The molecule has 2 rings (SSSR count). The average Bonchev–Trinajstić information content (AvgIpc) is 2.43. The molecule has 1 heterocycles. The fourth-order valence-corrected chi connectivity index (χ4v) is 3.71. The third-order valence-electron chi connectivity index (χ3n) is 3.54. The maximum absolute atomic E-state index is 12.7. The quantitative estimate of drug-likeness (QED) is 0.791. The van der Waals surface area contributed by atoms with Crippen molar-refractivity contribution < 1.29 is 18.3 Å². The van der Waals surface area contributed by atoms with E-state index in [1.54, 1.807) is 13.0 Å². The minimum Gasteiger partial charge on any atom is -0.492 e. The average molecular weight is 314 g/mol. The maximum Gasteiger partial charge on any atom is 0.246 e. The van der Waals surface area contributed by atoms with Crippen LogP contribution in [0.1, 0.15) is 25.3 Å². The van der Waals surface area contributed by atoms with E-state index in [4.69, 9.17) is 10.5 Å². The van der Waals surface area contributed by atoms with E-state index in [1.165, 1.54) is 17.4 Å². The molecule has 7 heteroatoms. The monoisotopic (exact) mass is 314 g/mol. The third-order valence-corrected chi connectivity index (χ3v) is 5.40. The number of aryl methyl sites for hydroxylation is 1. The third kappa shape index (κ3) is 3.48. The van der Waals surface area contributed by atoms with Gasteiger partial charge >= 0.3 is 0 Å². The van der Waals surface area contributed by atoms with E-state index >= 15 is 0 Å². The molecule has 0 fully saturated rings. The van der Waals surface area contributed by atoms with Crippen LogP contribution in [0.15, 0.2) is 17.0 Å². The summed E-state index contributed by atoms with van der Waals surface area (Å²) in [6.07, 6.45) is 1.45. The first-order chi connectivity index (χ1) is 9.82. The molecule has 21 heavy (non-hydrogen) atoms. The number of nitrogens with zero attached hydrogens (tertiary/aromatic N) is 1. The van der Waals surface area contributed by atoms with Gasteiger partial charge in [-0.3, -0.25) is 0 Å². The second-order valence-electron chi connectivity index (χ2n) is 5.42. The van der Waals surface area contributed by atoms with Crippen LogP contribution in [-0.2, 0) is 16.4 Å². The highest BCUT2D eigenvalue weighted by atomic mass is 32.2. The van der Waals surface area contributed by atoms with Gasteiger partial charge in [-0.25, -0.2) is 12.7 Å². The van der Waals surface area contributed by atoms with Crippen molar-refractivity contribution in [2.75, 3.05) is 25.9 Å². The molecule has 0 spiro atoms. The zero-order valence-electron chi connectivity index (χ0n) is 12.4. The number of ether oxygens (including phenoxy) is 1. The van der Waals surface area contributed by atoms with Crippen LogP contribution >= 0.6 is 0 Å². The van der Waals surface area contributed by atoms with Gasteiger partial charge in [0, 0.05) is 19.3 Å². The topological polar surface area (TPSA) is 92.9 Å². The number of hydrogen-bond acceptors (Lipinski definition) is 5. The predicted octanol–water partition coefficient (Wildman–Crippen LogP) is 0.985. The molecule has 1 aliphatic rings. The number of aliphatic hydroxyl groups excluding tert-OH is 1. The van der Waals surface area contributed by atoms with Gasteiger partial charge in [-0.2, -0.15) is 0 Å². The van der Waals surface area contributed by atoms with Gasteiger partial charge in [-0.05, 0) is 43.9 Å². The van der Waals surface area contributed by atoms with E-state index < -0.39 is 16.1 Å². The molecule has 0 bridgehead atoms. The van der Waals surface area contributed by atoms with Gasteiger partial charge in [0.05, 0.1) is 12.7 Å². The van der Waals surface area contributed by atoms with Crippen molar-refractivity contribution in [3.63, 3.8) is 0 Å². The van der Waals surface area contributed by atoms with Crippen molar-refractivity contribution in [3.05, 3.63) is 17.7 Å². The van der Waals surface area contributed by atoms with Gasteiger partial charge < -0.3 is 15.6 Å². The van der Waals surface area contributed by atoms with E-state index in [2.05, 4.69) is 0 Å². The zero-order chi connectivity index (χ0) is 15.6. The van der Waals surface area contributed by atoms with Crippen molar-refractivity contribution in [3.8, 4) is 5.75 Å². The van der Waals surface area contributed by atoms with E-state index in [0.717, 1.165) is 18.4 Å². The first kappa shape index (κ1) is 16.1. The number of rotatable bonds is 5. The minimum atomic E-state index is -3.68. The van der Waals surface area contributed by atoms with Crippen LogP contribution in [-0.4, -0.2) is 44.1 Å². The Bertz CT molecular complexity index is 614. The van der Waals surface area contributed by atoms with Crippen molar-refractivity contribution in [2.24, 2.45) is 0 Å². The second kappa shape index (κ2) is 6.21. The highest BCUT2D eigenvalue weighted by Gasteiger charge is 2.28. The van der Waals surface area contributed by atoms with Crippen LogP contribution in [0.2, 0.25) is 0 Å². The first-order valence-corrected chi connectivity index (χ1v) is 8.46. The van der Waals surface area contributed by atoms with Gasteiger partial charge in [0.25, 0.3) is 0 Å². The Morgan fingerprint density at radius 1 is 1.48 bits per heavy atom. The van der Waals surface area contributed by atoms with Crippen LogP contribution in [0.25, 0.3) is 0 Å². The van der Waals surface area contributed by atoms with Gasteiger partial charge in [0.1, 0.15) is 10.6 Å². The highest BCUT2D eigenvalue weighted by molar-refractivity contribution is 7.89. The molecule has 6 nitrogen and oxygen atoms in total. The molecule has 0 amide bonds. The molecule has 1 atom stereocenters. The summed E-state index contributed by atoms with van der Waals surface area (Å²) in [5.74, 6) is 0.416. The minimum absolute atomic E-state index is 0.116. The van der Waals surface area contributed by atoms with Crippen LogP contribution in [0, 0.1) is 0 Å². The Morgan fingerprint density at radius 2 is 2.19 bits per heavy atom. The summed E-state index contributed by atoms with van der Waals surface area (Å²) in [4.78, 5) is 0.116. The Morgan fingerprint density at radius 3 is 2.86 bits per heavy atom. The smallest absolute Gasteiger partial charge is 0.246 e. The standard InChI is InChI=1S/C14H22N2O4S/c1-10(17)5-6-16(2)21(18,19)13-9-12(15)8-11-4-3-7-20-14(11)13/h8-10,17H,3-7,15H2,1-2H3. The second-order valence-corrected chi connectivity index (χ2v) is 7.44. The number of benzene rings is 1. The lowest BCUT2D eigenvalue weighted by Crippen LogP contribution is -2.30. The molecule has 0 aromatic heterocycles. The normalized spacial score (nSPS) is 16.4. The fourth-order valence-electron chi connectivity index (χ4n) is 2.32. The lowest BCUT2D eigenvalue weighted by Gasteiger charge is -2.24. The van der Waals surface area contributed by atoms with E-state index in [-0.39, 0.29) is 11.4 Å². The van der Waals surface area contributed by atoms with Crippen LogP contribution in [0.5, 0.6) is 5.75 Å². The zero-order valence-corrected chi connectivity index (χ0v) is 13.2. The predicted molar refractivity (Wildman–Crippen MR) is 80.8 cm³/mol. The maximum atomic E-state index is 12.7. The van der Waals surface area contributed by atoms with Crippen molar-refractivity contribution >= 4 is 15.7 Å². The number of nitrogens with two attached hydrogens (primary N) is 1. The van der Waals surface area contributed by atoms with Crippen LogP contribution in [0.3, 0.4) is 0 Å².